The second-order valence-electron chi connectivity index (χ2n) is 4.42. The molecule has 5 heteroatoms. The van der Waals surface area contributed by atoms with Crippen molar-refractivity contribution in [1.29, 1.82) is 0 Å². The first kappa shape index (κ1) is 14.2. The summed E-state index contributed by atoms with van der Waals surface area (Å²) in [4.78, 5) is 23.6. The van der Waals surface area contributed by atoms with Crippen LogP contribution in [0.15, 0.2) is 28.7 Å². The molecule has 1 fully saturated rings. The highest BCUT2D eigenvalue weighted by Gasteiger charge is 2.23. The molecule has 1 heterocycles. The molecule has 0 radical (unpaired) electrons. The van der Waals surface area contributed by atoms with Crippen molar-refractivity contribution in [3.63, 3.8) is 0 Å². The lowest BCUT2D eigenvalue weighted by Gasteiger charge is -2.20. The van der Waals surface area contributed by atoms with Gasteiger partial charge in [0.2, 0.25) is 0 Å². The Hall–Kier alpha value is -1.20. The van der Waals surface area contributed by atoms with E-state index >= 15 is 0 Å². The molecule has 1 aromatic rings. The summed E-state index contributed by atoms with van der Waals surface area (Å²) >= 11 is 3.30. The molecule has 4 nitrogen and oxygen atoms in total. The maximum Gasteiger partial charge on any atom is 0.309 e. The van der Waals surface area contributed by atoms with Crippen molar-refractivity contribution in [3.8, 4) is 0 Å². The largest absolute Gasteiger partial charge is 0.457 e. The van der Waals surface area contributed by atoms with Gasteiger partial charge in [-0.25, -0.2) is 0 Å². The van der Waals surface area contributed by atoms with Gasteiger partial charge in [-0.3, -0.25) is 9.59 Å². The number of hydrogen-bond donors (Lipinski definition) is 0. The second kappa shape index (κ2) is 6.82. The Morgan fingerprint density at radius 1 is 1.21 bits per heavy atom. The molecule has 0 unspecified atom stereocenters. The molecule has 0 N–H and O–H groups in total. The van der Waals surface area contributed by atoms with E-state index in [2.05, 4.69) is 15.9 Å². The van der Waals surface area contributed by atoms with Crippen LogP contribution in [0.1, 0.15) is 23.2 Å². The number of halogens is 1. The molecular formula is C14H15BrO4. The van der Waals surface area contributed by atoms with Crippen LogP contribution in [-0.2, 0) is 14.3 Å². The smallest absolute Gasteiger partial charge is 0.309 e. The summed E-state index contributed by atoms with van der Waals surface area (Å²) in [6.45, 7) is 0.971. The number of esters is 1. The standard InChI is InChI=1S/C14H15BrO4/c15-12-3-1-10(2-4-12)13(16)9-19-14(17)11-5-7-18-8-6-11/h1-4,11H,5-9H2. The SMILES string of the molecule is O=C(COC(=O)C1CCOCC1)c1ccc(Br)cc1. The van der Waals surface area contributed by atoms with Gasteiger partial charge in [0, 0.05) is 23.2 Å². The van der Waals surface area contributed by atoms with Crippen molar-refractivity contribution < 1.29 is 19.1 Å². The van der Waals surface area contributed by atoms with Crippen LogP contribution in [0.25, 0.3) is 0 Å². The molecule has 0 aromatic heterocycles. The molecule has 0 saturated carbocycles. The van der Waals surface area contributed by atoms with Gasteiger partial charge in [-0.2, -0.15) is 0 Å². The Bertz CT molecular complexity index is 449. The summed E-state index contributed by atoms with van der Waals surface area (Å²) in [5.41, 5.74) is 0.544. The molecule has 1 aliphatic rings. The van der Waals surface area contributed by atoms with Crippen LogP contribution in [0.4, 0.5) is 0 Å². The van der Waals surface area contributed by atoms with Crippen LogP contribution in [0.3, 0.4) is 0 Å². The minimum Gasteiger partial charge on any atom is -0.457 e. The van der Waals surface area contributed by atoms with Crippen molar-refractivity contribution in [3.05, 3.63) is 34.3 Å². The Balaban J connectivity index is 1.82. The Morgan fingerprint density at radius 2 is 1.84 bits per heavy atom. The fourth-order valence-corrected chi connectivity index (χ4v) is 2.17. The normalized spacial score (nSPS) is 16.1. The minimum atomic E-state index is -0.297. The predicted octanol–water partition coefficient (Wildman–Crippen LogP) is 2.60. The number of hydrogen-bond acceptors (Lipinski definition) is 4. The first-order chi connectivity index (χ1) is 9.16. The molecule has 1 aliphatic heterocycles. The highest BCUT2D eigenvalue weighted by Crippen LogP contribution is 2.16. The van der Waals surface area contributed by atoms with E-state index in [0.717, 1.165) is 4.47 Å². The average molecular weight is 327 g/mol. The van der Waals surface area contributed by atoms with Crippen molar-refractivity contribution in [1.82, 2.24) is 0 Å². The molecule has 102 valence electrons. The van der Waals surface area contributed by atoms with Gasteiger partial charge in [0.15, 0.2) is 12.4 Å². The first-order valence-electron chi connectivity index (χ1n) is 6.20. The zero-order chi connectivity index (χ0) is 13.7. The second-order valence-corrected chi connectivity index (χ2v) is 5.34. The molecule has 0 atom stereocenters. The maximum atomic E-state index is 11.8. The quantitative estimate of drug-likeness (QED) is 0.630. The van der Waals surface area contributed by atoms with Crippen molar-refractivity contribution in [2.24, 2.45) is 5.92 Å². The van der Waals surface area contributed by atoms with E-state index in [1.54, 1.807) is 24.3 Å². The lowest BCUT2D eigenvalue weighted by atomic mass is 10.0. The van der Waals surface area contributed by atoms with Gasteiger partial charge in [-0.05, 0) is 25.0 Å². The van der Waals surface area contributed by atoms with E-state index < -0.39 is 0 Å². The number of benzene rings is 1. The Morgan fingerprint density at radius 3 is 2.47 bits per heavy atom. The van der Waals surface area contributed by atoms with Crippen LogP contribution in [0.5, 0.6) is 0 Å². The van der Waals surface area contributed by atoms with Crippen LogP contribution < -0.4 is 0 Å². The number of carbonyl (C=O) groups is 2. The topological polar surface area (TPSA) is 52.6 Å². The van der Waals surface area contributed by atoms with Gasteiger partial charge in [0.05, 0.1) is 5.92 Å². The van der Waals surface area contributed by atoms with E-state index in [0.29, 0.717) is 31.6 Å². The zero-order valence-electron chi connectivity index (χ0n) is 10.4. The highest BCUT2D eigenvalue weighted by molar-refractivity contribution is 9.10. The number of ketones is 1. The van der Waals surface area contributed by atoms with E-state index in [1.807, 2.05) is 0 Å². The van der Waals surface area contributed by atoms with E-state index in [4.69, 9.17) is 9.47 Å². The lowest BCUT2D eigenvalue weighted by Crippen LogP contribution is -2.27. The van der Waals surface area contributed by atoms with Crippen LogP contribution >= 0.6 is 15.9 Å². The van der Waals surface area contributed by atoms with Gasteiger partial charge in [0.25, 0.3) is 0 Å². The third-order valence-electron chi connectivity index (χ3n) is 3.07. The summed E-state index contributed by atoms with van der Waals surface area (Å²) in [6, 6.07) is 6.98. The average Bonchev–Trinajstić information content (AvgIpc) is 2.46. The summed E-state index contributed by atoms with van der Waals surface area (Å²) in [7, 11) is 0. The zero-order valence-corrected chi connectivity index (χ0v) is 12.0. The van der Waals surface area contributed by atoms with Crippen molar-refractivity contribution in [2.75, 3.05) is 19.8 Å². The van der Waals surface area contributed by atoms with E-state index in [9.17, 15) is 9.59 Å². The maximum absolute atomic E-state index is 11.8. The van der Waals surface area contributed by atoms with E-state index in [-0.39, 0.29) is 24.3 Å². The third-order valence-corrected chi connectivity index (χ3v) is 3.60. The van der Waals surface area contributed by atoms with Gasteiger partial charge >= 0.3 is 5.97 Å². The number of ether oxygens (including phenoxy) is 2. The third kappa shape index (κ3) is 4.14. The minimum absolute atomic E-state index is 0.133. The molecule has 2 rings (SSSR count). The van der Waals surface area contributed by atoms with Gasteiger partial charge in [-0.15, -0.1) is 0 Å². The van der Waals surface area contributed by atoms with Crippen LogP contribution in [0, 0.1) is 5.92 Å². The predicted molar refractivity (Wildman–Crippen MR) is 73.0 cm³/mol. The van der Waals surface area contributed by atoms with E-state index in [1.165, 1.54) is 0 Å². The lowest BCUT2D eigenvalue weighted by molar-refractivity contribution is -0.150. The summed E-state index contributed by atoms with van der Waals surface area (Å²) in [5.74, 6) is -0.617. The molecule has 1 saturated heterocycles. The van der Waals surface area contributed by atoms with Crippen molar-refractivity contribution >= 4 is 27.7 Å². The van der Waals surface area contributed by atoms with Crippen LogP contribution in [0.2, 0.25) is 0 Å². The molecule has 0 amide bonds. The number of Topliss-reactive ketones (excluding diaryl/α,β-unsaturated/α-hetero) is 1. The number of rotatable bonds is 4. The first-order valence-corrected chi connectivity index (χ1v) is 6.99. The molecule has 19 heavy (non-hydrogen) atoms. The fraction of sp³-hybridized carbons (Fsp3) is 0.429. The van der Waals surface area contributed by atoms with Crippen LogP contribution in [-0.4, -0.2) is 31.6 Å². The Kier molecular flexibility index (Phi) is 5.10. The highest BCUT2D eigenvalue weighted by atomic mass is 79.9. The Labute approximate surface area is 120 Å². The van der Waals surface area contributed by atoms with Gasteiger partial charge in [0.1, 0.15) is 0 Å². The fourth-order valence-electron chi connectivity index (χ4n) is 1.91. The monoisotopic (exact) mass is 326 g/mol. The molecular weight excluding hydrogens is 312 g/mol. The molecule has 0 bridgehead atoms. The van der Waals surface area contributed by atoms with Gasteiger partial charge < -0.3 is 9.47 Å². The number of carbonyl (C=O) groups excluding carboxylic acids is 2. The van der Waals surface area contributed by atoms with Gasteiger partial charge in [-0.1, -0.05) is 28.1 Å². The van der Waals surface area contributed by atoms with Crippen molar-refractivity contribution in [2.45, 2.75) is 12.8 Å². The summed E-state index contributed by atoms with van der Waals surface area (Å²) < 4.78 is 11.2. The summed E-state index contributed by atoms with van der Waals surface area (Å²) in [5, 5.41) is 0. The molecule has 0 aliphatic carbocycles. The molecule has 1 aromatic carbocycles. The molecule has 0 spiro atoms. The summed E-state index contributed by atoms with van der Waals surface area (Å²) in [6.07, 6.45) is 1.34.